The molecule has 124 valence electrons. The van der Waals surface area contributed by atoms with Crippen molar-refractivity contribution in [2.75, 3.05) is 12.4 Å². The summed E-state index contributed by atoms with van der Waals surface area (Å²) in [5, 5.41) is 12.1. The number of hydrogen-bond donors (Lipinski definition) is 1. The first kappa shape index (κ1) is 17.2. The summed E-state index contributed by atoms with van der Waals surface area (Å²) in [7, 11) is 0. The van der Waals surface area contributed by atoms with E-state index >= 15 is 0 Å². The van der Waals surface area contributed by atoms with Crippen molar-refractivity contribution in [3.63, 3.8) is 0 Å². The van der Waals surface area contributed by atoms with E-state index in [-0.39, 0.29) is 6.61 Å². The van der Waals surface area contributed by atoms with E-state index < -0.39 is 6.10 Å². The largest absolute Gasteiger partial charge is 0.491 e. The molecule has 6 heteroatoms. The van der Waals surface area contributed by atoms with Crippen molar-refractivity contribution >= 4 is 38.6 Å². The van der Waals surface area contributed by atoms with Gasteiger partial charge in [0.25, 0.3) is 0 Å². The lowest BCUT2D eigenvalue weighted by Gasteiger charge is -2.13. The van der Waals surface area contributed by atoms with E-state index in [1.807, 2.05) is 55.5 Å². The number of ether oxygens (including phenoxy) is 1. The predicted octanol–water partition coefficient (Wildman–Crippen LogP) is 4.23. The molecule has 1 heterocycles. The Kier molecular flexibility index (Phi) is 5.71. The van der Waals surface area contributed by atoms with Crippen molar-refractivity contribution in [1.29, 1.82) is 0 Å². The summed E-state index contributed by atoms with van der Waals surface area (Å²) >= 11 is 4.90. The molecule has 3 rings (SSSR count). The van der Waals surface area contributed by atoms with Gasteiger partial charge in [0.05, 0.1) is 11.6 Å². The number of para-hydroxylation sites is 1. The van der Waals surface area contributed by atoms with Crippen LogP contribution in [0.25, 0.3) is 10.9 Å². The Morgan fingerprint density at radius 3 is 2.67 bits per heavy atom. The maximum absolute atomic E-state index is 10.2. The minimum Gasteiger partial charge on any atom is -0.491 e. The van der Waals surface area contributed by atoms with Crippen molar-refractivity contribution in [2.45, 2.75) is 18.1 Å². The number of thioether (sulfide) groups is 1. The molecule has 0 fully saturated rings. The number of nitrogens with zero attached hydrogens (tertiary/aromatic N) is 2. The minimum absolute atomic E-state index is 0.247. The maximum atomic E-state index is 10.2. The van der Waals surface area contributed by atoms with Gasteiger partial charge in [0.1, 0.15) is 23.2 Å². The molecule has 3 aromatic rings. The fraction of sp³-hybridized carbons (Fsp3) is 0.222. The quantitative estimate of drug-likeness (QED) is 0.491. The summed E-state index contributed by atoms with van der Waals surface area (Å²) < 4.78 is 6.60. The highest BCUT2D eigenvalue weighted by Gasteiger charge is 2.11. The summed E-state index contributed by atoms with van der Waals surface area (Å²) in [4.78, 5) is 8.93. The van der Waals surface area contributed by atoms with Gasteiger partial charge in [0, 0.05) is 15.6 Å². The van der Waals surface area contributed by atoms with E-state index in [0.29, 0.717) is 5.75 Å². The van der Waals surface area contributed by atoms with Gasteiger partial charge in [-0.15, -0.1) is 11.8 Å². The molecule has 0 aliphatic heterocycles. The number of aryl methyl sites for hydroxylation is 1. The van der Waals surface area contributed by atoms with Crippen LogP contribution in [-0.4, -0.2) is 33.5 Å². The van der Waals surface area contributed by atoms with Crippen molar-refractivity contribution in [1.82, 2.24) is 9.97 Å². The van der Waals surface area contributed by atoms with Gasteiger partial charge in [0.15, 0.2) is 0 Å². The molecule has 24 heavy (non-hydrogen) atoms. The van der Waals surface area contributed by atoms with Crippen LogP contribution in [0.4, 0.5) is 0 Å². The van der Waals surface area contributed by atoms with Crippen LogP contribution in [0.2, 0.25) is 0 Å². The zero-order valence-corrected chi connectivity index (χ0v) is 15.5. The lowest BCUT2D eigenvalue weighted by atomic mass is 10.2. The second-order valence-corrected chi connectivity index (χ2v) is 7.25. The molecule has 0 saturated heterocycles. The SMILES string of the molecule is Cc1nc(SC[C@H](O)COc2ccc(Br)cc2)c2ccccc2n1. The van der Waals surface area contributed by atoms with Gasteiger partial charge in [-0.25, -0.2) is 9.97 Å². The third-order valence-corrected chi connectivity index (χ3v) is 5.01. The second-order valence-electron chi connectivity index (χ2n) is 5.32. The normalized spacial score (nSPS) is 12.3. The highest BCUT2D eigenvalue weighted by atomic mass is 79.9. The molecular weight excluding hydrogens is 388 g/mol. The third-order valence-electron chi connectivity index (χ3n) is 3.35. The minimum atomic E-state index is -0.576. The monoisotopic (exact) mass is 404 g/mol. The van der Waals surface area contributed by atoms with Crippen molar-refractivity contribution in [3.05, 3.63) is 58.8 Å². The van der Waals surface area contributed by atoms with E-state index in [1.54, 1.807) is 0 Å². The van der Waals surface area contributed by atoms with E-state index in [1.165, 1.54) is 11.8 Å². The first-order valence-corrected chi connectivity index (χ1v) is 9.32. The molecular formula is C18H17BrN2O2S. The molecule has 2 aromatic carbocycles. The number of halogens is 1. The van der Waals surface area contributed by atoms with Crippen LogP contribution >= 0.6 is 27.7 Å². The smallest absolute Gasteiger partial charge is 0.127 e. The van der Waals surface area contributed by atoms with Crippen molar-refractivity contribution in [3.8, 4) is 5.75 Å². The average molecular weight is 405 g/mol. The van der Waals surface area contributed by atoms with E-state index in [4.69, 9.17) is 4.74 Å². The Morgan fingerprint density at radius 2 is 1.88 bits per heavy atom. The summed E-state index contributed by atoms with van der Waals surface area (Å²) in [5.74, 6) is 1.99. The van der Waals surface area contributed by atoms with Crippen LogP contribution in [-0.2, 0) is 0 Å². The van der Waals surface area contributed by atoms with Crippen molar-refractivity contribution < 1.29 is 9.84 Å². The molecule has 1 N–H and O–H groups in total. The van der Waals surface area contributed by atoms with Gasteiger partial charge >= 0.3 is 0 Å². The summed E-state index contributed by atoms with van der Waals surface area (Å²) in [5.41, 5.74) is 0.924. The van der Waals surface area contributed by atoms with Crippen LogP contribution in [0.1, 0.15) is 5.82 Å². The highest BCUT2D eigenvalue weighted by molar-refractivity contribution is 9.10. The van der Waals surface area contributed by atoms with E-state index in [9.17, 15) is 5.11 Å². The standard InChI is InChI=1S/C18H17BrN2O2S/c1-12-20-17-5-3-2-4-16(17)18(21-12)24-11-14(22)10-23-15-8-6-13(19)7-9-15/h2-9,14,22H,10-11H2,1H3/t14-/m1/s1. The zero-order valence-electron chi connectivity index (χ0n) is 13.1. The number of aromatic nitrogens is 2. The predicted molar refractivity (Wildman–Crippen MR) is 101 cm³/mol. The lowest BCUT2D eigenvalue weighted by Crippen LogP contribution is -2.20. The zero-order chi connectivity index (χ0) is 16.9. The van der Waals surface area contributed by atoms with E-state index in [2.05, 4.69) is 25.9 Å². The van der Waals surface area contributed by atoms with Gasteiger partial charge in [-0.1, -0.05) is 34.1 Å². The number of hydrogen-bond acceptors (Lipinski definition) is 5. The Labute approximate surface area is 153 Å². The fourth-order valence-corrected chi connectivity index (χ4v) is 3.45. The number of aliphatic hydroxyl groups excluding tert-OH is 1. The molecule has 0 radical (unpaired) electrons. The molecule has 1 aromatic heterocycles. The summed E-state index contributed by atoms with van der Waals surface area (Å²) in [6.07, 6.45) is -0.576. The number of benzene rings is 2. The summed E-state index contributed by atoms with van der Waals surface area (Å²) in [6, 6.07) is 15.5. The molecule has 1 atom stereocenters. The Bertz CT molecular complexity index is 827. The molecule has 0 aliphatic carbocycles. The van der Waals surface area contributed by atoms with Gasteiger partial charge in [-0.05, 0) is 37.3 Å². The topological polar surface area (TPSA) is 55.2 Å². The fourth-order valence-electron chi connectivity index (χ4n) is 2.21. The van der Waals surface area contributed by atoms with Gasteiger partial charge < -0.3 is 9.84 Å². The lowest BCUT2D eigenvalue weighted by molar-refractivity contribution is 0.126. The van der Waals surface area contributed by atoms with E-state index in [0.717, 1.165) is 32.0 Å². The van der Waals surface area contributed by atoms with Gasteiger partial charge in [-0.3, -0.25) is 0 Å². The molecule has 0 spiro atoms. The van der Waals surface area contributed by atoms with Crippen molar-refractivity contribution in [2.24, 2.45) is 0 Å². The first-order valence-electron chi connectivity index (χ1n) is 7.54. The molecule has 0 amide bonds. The second kappa shape index (κ2) is 7.96. The Balaban J connectivity index is 1.60. The van der Waals surface area contributed by atoms with Crippen LogP contribution in [0.5, 0.6) is 5.75 Å². The molecule has 0 unspecified atom stereocenters. The van der Waals surface area contributed by atoms with Gasteiger partial charge in [0.2, 0.25) is 0 Å². The van der Waals surface area contributed by atoms with Gasteiger partial charge in [-0.2, -0.15) is 0 Å². The molecule has 0 saturated carbocycles. The third kappa shape index (κ3) is 4.47. The average Bonchev–Trinajstić information content (AvgIpc) is 2.59. The molecule has 4 nitrogen and oxygen atoms in total. The van der Waals surface area contributed by atoms with Crippen LogP contribution in [0.15, 0.2) is 58.0 Å². The summed E-state index contributed by atoms with van der Waals surface area (Å²) in [6.45, 7) is 2.13. The molecule has 0 aliphatic rings. The number of aliphatic hydroxyl groups is 1. The van der Waals surface area contributed by atoms with Crippen LogP contribution in [0, 0.1) is 6.92 Å². The molecule has 0 bridgehead atoms. The van der Waals surface area contributed by atoms with Crippen LogP contribution < -0.4 is 4.74 Å². The first-order chi connectivity index (χ1) is 11.6. The Hall–Kier alpha value is -1.63. The van der Waals surface area contributed by atoms with Crippen LogP contribution in [0.3, 0.4) is 0 Å². The maximum Gasteiger partial charge on any atom is 0.127 e. The number of rotatable bonds is 6. The highest BCUT2D eigenvalue weighted by Crippen LogP contribution is 2.26. The number of fused-ring (bicyclic) bond motifs is 1. The Morgan fingerprint density at radius 1 is 1.12 bits per heavy atom.